The van der Waals surface area contributed by atoms with Gasteiger partial charge in [0.2, 0.25) is 5.91 Å². The van der Waals surface area contributed by atoms with Gasteiger partial charge >= 0.3 is 5.97 Å². The van der Waals surface area contributed by atoms with Crippen LogP contribution in [0.2, 0.25) is 0 Å². The zero-order valence-corrected chi connectivity index (χ0v) is 15.3. The molecule has 1 heterocycles. The van der Waals surface area contributed by atoms with Gasteiger partial charge in [0.25, 0.3) is 0 Å². The van der Waals surface area contributed by atoms with Crippen molar-refractivity contribution in [1.82, 2.24) is 5.32 Å². The molecule has 0 aromatic carbocycles. The van der Waals surface area contributed by atoms with Crippen molar-refractivity contribution in [2.75, 3.05) is 11.9 Å². The number of carbonyl (C=O) groups is 2. The van der Waals surface area contributed by atoms with Gasteiger partial charge in [0.15, 0.2) is 0 Å². The number of nitrogens with one attached hydrogen (secondary N) is 2. The highest BCUT2D eigenvalue weighted by Crippen LogP contribution is 2.28. The SMILES string of the molecule is CCCNC(C)C(=O)Nc1c(C)csc1C(=O)OC(C)C.Cl. The van der Waals surface area contributed by atoms with Gasteiger partial charge in [0.1, 0.15) is 4.88 Å². The van der Waals surface area contributed by atoms with E-state index in [-0.39, 0.29) is 30.5 Å². The molecule has 0 saturated carbocycles. The van der Waals surface area contributed by atoms with Crippen LogP contribution in [0.3, 0.4) is 0 Å². The molecule has 1 unspecified atom stereocenters. The highest BCUT2D eigenvalue weighted by molar-refractivity contribution is 7.12. The molecule has 1 aromatic heterocycles. The molecule has 2 N–H and O–H groups in total. The molecular weight excluding hydrogens is 324 g/mol. The molecule has 0 bridgehead atoms. The van der Waals surface area contributed by atoms with Crippen LogP contribution in [0.25, 0.3) is 0 Å². The summed E-state index contributed by atoms with van der Waals surface area (Å²) in [6.07, 6.45) is 0.773. The molecule has 0 saturated heterocycles. The van der Waals surface area contributed by atoms with Gasteiger partial charge in [0, 0.05) is 0 Å². The fourth-order valence-corrected chi connectivity index (χ4v) is 2.59. The van der Waals surface area contributed by atoms with Crippen LogP contribution < -0.4 is 10.6 Å². The molecule has 0 radical (unpaired) electrons. The minimum atomic E-state index is -0.396. The average molecular weight is 349 g/mol. The summed E-state index contributed by atoms with van der Waals surface area (Å²) >= 11 is 1.29. The van der Waals surface area contributed by atoms with Crippen LogP contribution in [-0.2, 0) is 9.53 Å². The first-order valence-electron chi connectivity index (χ1n) is 7.20. The van der Waals surface area contributed by atoms with E-state index in [0.29, 0.717) is 10.6 Å². The topological polar surface area (TPSA) is 67.4 Å². The Morgan fingerprint density at radius 1 is 1.32 bits per heavy atom. The molecule has 0 spiro atoms. The lowest BCUT2D eigenvalue weighted by atomic mass is 10.2. The molecule has 0 aliphatic rings. The van der Waals surface area contributed by atoms with Gasteiger partial charge in [-0.15, -0.1) is 23.7 Å². The number of thiophene rings is 1. The van der Waals surface area contributed by atoms with Crippen LogP contribution in [-0.4, -0.2) is 30.6 Å². The van der Waals surface area contributed by atoms with Crippen LogP contribution in [0.1, 0.15) is 49.4 Å². The Bertz CT molecular complexity index is 503. The summed E-state index contributed by atoms with van der Waals surface area (Å²) in [7, 11) is 0. The number of anilines is 1. The maximum Gasteiger partial charge on any atom is 0.350 e. The van der Waals surface area contributed by atoms with Gasteiger partial charge in [-0.2, -0.15) is 0 Å². The lowest BCUT2D eigenvalue weighted by molar-refractivity contribution is -0.117. The van der Waals surface area contributed by atoms with E-state index in [2.05, 4.69) is 10.6 Å². The molecule has 0 aliphatic carbocycles. The van der Waals surface area contributed by atoms with Gasteiger partial charge in [-0.3, -0.25) is 4.79 Å². The monoisotopic (exact) mass is 348 g/mol. The van der Waals surface area contributed by atoms with Crippen molar-refractivity contribution in [1.29, 1.82) is 0 Å². The van der Waals surface area contributed by atoms with Crippen molar-refractivity contribution in [2.24, 2.45) is 0 Å². The first-order chi connectivity index (χ1) is 9.86. The number of hydrogen-bond donors (Lipinski definition) is 2. The Balaban J connectivity index is 0.00000441. The minimum absolute atomic E-state index is 0. The van der Waals surface area contributed by atoms with E-state index in [1.165, 1.54) is 11.3 Å². The number of esters is 1. The van der Waals surface area contributed by atoms with E-state index < -0.39 is 5.97 Å². The van der Waals surface area contributed by atoms with E-state index in [9.17, 15) is 9.59 Å². The third kappa shape index (κ3) is 5.94. The number of hydrogen-bond acceptors (Lipinski definition) is 5. The van der Waals surface area contributed by atoms with E-state index in [4.69, 9.17) is 4.74 Å². The summed E-state index contributed by atoms with van der Waals surface area (Å²) in [6, 6.07) is -0.307. The van der Waals surface area contributed by atoms with Gasteiger partial charge in [-0.1, -0.05) is 6.92 Å². The summed E-state index contributed by atoms with van der Waals surface area (Å²) < 4.78 is 5.20. The van der Waals surface area contributed by atoms with E-state index in [1.807, 2.05) is 19.2 Å². The van der Waals surface area contributed by atoms with Crippen molar-refractivity contribution in [3.63, 3.8) is 0 Å². The molecule has 7 heteroatoms. The largest absolute Gasteiger partial charge is 0.459 e. The smallest absolute Gasteiger partial charge is 0.350 e. The Morgan fingerprint density at radius 2 is 1.95 bits per heavy atom. The Kier molecular flexibility index (Phi) is 9.32. The maximum absolute atomic E-state index is 12.1. The molecule has 0 fully saturated rings. The van der Waals surface area contributed by atoms with Crippen molar-refractivity contribution >= 4 is 41.3 Å². The van der Waals surface area contributed by atoms with Gasteiger partial charge in [-0.05, 0) is 51.6 Å². The molecule has 1 atom stereocenters. The molecule has 126 valence electrons. The number of ether oxygens (including phenoxy) is 1. The normalized spacial score (nSPS) is 11.7. The van der Waals surface area contributed by atoms with Crippen LogP contribution in [0.15, 0.2) is 5.38 Å². The van der Waals surface area contributed by atoms with Crippen molar-refractivity contribution < 1.29 is 14.3 Å². The van der Waals surface area contributed by atoms with Gasteiger partial charge in [0.05, 0.1) is 17.8 Å². The molecule has 1 amide bonds. The van der Waals surface area contributed by atoms with E-state index in [0.717, 1.165) is 18.5 Å². The summed E-state index contributed by atoms with van der Waals surface area (Å²) in [5, 5.41) is 7.79. The number of rotatable bonds is 7. The Labute approximate surface area is 142 Å². The van der Waals surface area contributed by atoms with E-state index >= 15 is 0 Å². The first-order valence-corrected chi connectivity index (χ1v) is 8.08. The Hall–Kier alpha value is -1.11. The number of aryl methyl sites for hydroxylation is 1. The molecule has 22 heavy (non-hydrogen) atoms. The summed E-state index contributed by atoms with van der Waals surface area (Å²) in [5.41, 5.74) is 1.42. The van der Waals surface area contributed by atoms with Crippen molar-refractivity contribution in [3.8, 4) is 0 Å². The molecular formula is C15H25ClN2O3S. The van der Waals surface area contributed by atoms with Gasteiger partial charge in [-0.25, -0.2) is 4.79 Å². The highest BCUT2D eigenvalue weighted by Gasteiger charge is 2.22. The number of halogens is 1. The first kappa shape index (κ1) is 20.9. The Morgan fingerprint density at radius 3 is 2.50 bits per heavy atom. The quantitative estimate of drug-likeness (QED) is 0.741. The zero-order chi connectivity index (χ0) is 16.0. The maximum atomic E-state index is 12.1. The van der Waals surface area contributed by atoms with Crippen molar-refractivity contribution in [2.45, 2.75) is 53.2 Å². The van der Waals surface area contributed by atoms with Crippen LogP contribution >= 0.6 is 23.7 Å². The second-order valence-electron chi connectivity index (χ2n) is 5.24. The zero-order valence-electron chi connectivity index (χ0n) is 13.7. The highest BCUT2D eigenvalue weighted by atomic mass is 35.5. The molecule has 5 nitrogen and oxygen atoms in total. The summed E-state index contributed by atoms with van der Waals surface area (Å²) in [5.74, 6) is -0.545. The third-order valence-corrected chi connectivity index (χ3v) is 3.92. The lowest BCUT2D eigenvalue weighted by Crippen LogP contribution is -2.38. The summed E-state index contributed by atoms with van der Waals surface area (Å²) in [4.78, 5) is 24.6. The van der Waals surface area contributed by atoms with Crippen LogP contribution in [0.4, 0.5) is 5.69 Å². The predicted octanol–water partition coefficient (Wildman–Crippen LogP) is 3.37. The second kappa shape index (κ2) is 9.82. The second-order valence-corrected chi connectivity index (χ2v) is 6.12. The third-order valence-electron chi connectivity index (χ3n) is 2.85. The fraction of sp³-hybridized carbons (Fsp3) is 0.600. The number of amides is 1. The minimum Gasteiger partial charge on any atom is -0.459 e. The molecule has 0 aliphatic heterocycles. The van der Waals surface area contributed by atoms with Crippen LogP contribution in [0.5, 0.6) is 0 Å². The van der Waals surface area contributed by atoms with Crippen molar-refractivity contribution in [3.05, 3.63) is 15.8 Å². The summed E-state index contributed by atoms with van der Waals surface area (Å²) in [6.45, 7) is 10.1. The van der Waals surface area contributed by atoms with E-state index in [1.54, 1.807) is 20.8 Å². The number of carbonyl (C=O) groups excluding carboxylic acids is 2. The predicted molar refractivity (Wildman–Crippen MR) is 93.2 cm³/mol. The standard InChI is InChI=1S/C15H24N2O3S.ClH/c1-6-7-16-11(5)14(18)17-12-10(4)8-21-13(12)15(19)20-9(2)3;/h8-9,11,16H,6-7H2,1-5H3,(H,17,18);1H. The lowest BCUT2D eigenvalue weighted by Gasteiger charge is -2.15. The van der Waals surface area contributed by atoms with Gasteiger partial charge < -0.3 is 15.4 Å². The molecule has 1 aromatic rings. The fourth-order valence-electron chi connectivity index (χ4n) is 1.70. The van der Waals surface area contributed by atoms with Crippen LogP contribution in [0, 0.1) is 6.92 Å². The average Bonchev–Trinajstić information content (AvgIpc) is 2.76. The molecule has 1 rings (SSSR count).